The minimum absolute atomic E-state index is 0.0231. The molecule has 10 heteroatoms. The van der Waals surface area contributed by atoms with Crippen molar-refractivity contribution < 1.29 is 18.3 Å². The van der Waals surface area contributed by atoms with Crippen LogP contribution in [0.15, 0.2) is 69.9 Å². The lowest BCUT2D eigenvalue weighted by atomic mass is 9.95. The molecule has 224 valence electrons. The molecular formula is C33H36FN5O4. The Morgan fingerprint density at radius 3 is 2.81 bits per heavy atom. The van der Waals surface area contributed by atoms with Crippen LogP contribution in [0.25, 0.3) is 33.3 Å². The van der Waals surface area contributed by atoms with Crippen molar-refractivity contribution in [2.24, 2.45) is 5.73 Å². The lowest BCUT2D eigenvalue weighted by Crippen LogP contribution is -2.42. The largest absolute Gasteiger partial charge is 0.417 e. The third-order valence-electron chi connectivity index (χ3n) is 8.27. The van der Waals surface area contributed by atoms with Gasteiger partial charge in [0.1, 0.15) is 11.3 Å². The van der Waals surface area contributed by atoms with Crippen molar-refractivity contribution in [1.82, 2.24) is 19.4 Å². The summed E-state index contributed by atoms with van der Waals surface area (Å²) in [5.41, 5.74) is 11.8. The number of nitrogens with two attached hydrogens (primary N) is 1. The molecule has 3 heterocycles. The van der Waals surface area contributed by atoms with E-state index in [-0.39, 0.29) is 30.1 Å². The number of likely N-dealkylation sites (tertiary alicyclic amines) is 1. The summed E-state index contributed by atoms with van der Waals surface area (Å²) >= 11 is 0. The zero-order chi connectivity index (χ0) is 29.9. The number of aryl methyl sites for hydroxylation is 1. The first-order valence-corrected chi connectivity index (χ1v) is 14.8. The number of piperidine rings is 1. The Balaban J connectivity index is 1.09. The van der Waals surface area contributed by atoms with Crippen molar-refractivity contribution >= 4 is 28.0 Å². The molecule has 1 aliphatic rings. The molecule has 0 saturated carbocycles. The first kappa shape index (κ1) is 28.8. The number of oxazole rings is 1. The second kappa shape index (κ2) is 12.5. The number of methoxy groups -OCH3 is 1. The van der Waals surface area contributed by atoms with Crippen LogP contribution < -0.4 is 11.5 Å². The Hall–Kier alpha value is -4.28. The number of hydrogen-bond donors (Lipinski definition) is 2. The van der Waals surface area contributed by atoms with E-state index in [1.54, 1.807) is 19.2 Å². The highest BCUT2D eigenvalue weighted by atomic mass is 19.1. The zero-order valence-electron chi connectivity index (χ0n) is 24.2. The smallest absolute Gasteiger partial charge is 0.408 e. The van der Waals surface area contributed by atoms with E-state index in [9.17, 15) is 14.0 Å². The molecule has 0 radical (unpaired) electrons. The van der Waals surface area contributed by atoms with E-state index < -0.39 is 5.76 Å². The number of carbonyl (C=O) groups is 1. The number of benzene rings is 3. The van der Waals surface area contributed by atoms with E-state index >= 15 is 0 Å². The van der Waals surface area contributed by atoms with Crippen LogP contribution >= 0.6 is 0 Å². The minimum atomic E-state index is -0.473. The Morgan fingerprint density at radius 2 is 2.00 bits per heavy atom. The molecule has 6 rings (SSSR count). The van der Waals surface area contributed by atoms with Gasteiger partial charge in [-0.05, 0) is 66.6 Å². The number of rotatable bonds is 10. The highest BCUT2D eigenvalue weighted by molar-refractivity contribution is 5.80. The predicted octanol–water partition coefficient (Wildman–Crippen LogP) is 4.98. The zero-order valence-corrected chi connectivity index (χ0v) is 24.2. The maximum absolute atomic E-state index is 14.6. The summed E-state index contributed by atoms with van der Waals surface area (Å²) in [6, 6.07) is 18.4. The van der Waals surface area contributed by atoms with E-state index in [0.717, 1.165) is 47.3 Å². The summed E-state index contributed by atoms with van der Waals surface area (Å²) in [5, 5.41) is 0. The van der Waals surface area contributed by atoms with Crippen molar-refractivity contribution in [1.29, 1.82) is 0 Å². The number of aromatic nitrogens is 3. The average Bonchev–Trinajstić information content (AvgIpc) is 3.57. The normalized spacial score (nSPS) is 16.3. The molecule has 1 saturated heterocycles. The highest BCUT2D eigenvalue weighted by Crippen LogP contribution is 2.31. The van der Waals surface area contributed by atoms with Crippen molar-refractivity contribution in [3.05, 3.63) is 88.4 Å². The van der Waals surface area contributed by atoms with Gasteiger partial charge in [0.05, 0.1) is 11.0 Å². The Morgan fingerprint density at radius 1 is 1.19 bits per heavy atom. The molecule has 0 bridgehead atoms. The van der Waals surface area contributed by atoms with Gasteiger partial charge in [-0.3, -0.25) is 9.78 Å². The molecule has 1 amide bonds. The second-order valence-corrected chi connectivity index (χ2v) is 11.3. The fourth-order valence-corrected chi connectivity index (χ4v) is 6.15. The van der Waals surface area contributed by atoms with Crippen LogP contribution in [0.1, 0.15) is 43.0 Å². The Kier molecular flexibility index (Phi) is 8.40. The molecule has 5 aromatic rings. The first-order chi connectivity index (χ1) is 20.9. The van der Waals surface area contributed by atoms with Crippen LogP contribution in [0.2, 0.25) is 0 Å². The third kappa shape index (κ3) is 6.25. The van der Waals surface area contributed by atoms with Crippen LogP contribution in [-0.4, -0.2) is 58.2 Å². The SMILES string of the molecule is COCCCn1c(C2CCCN(C(=O)CC(N)Cc3ccc(-c4ccc5oc(=O)[nH]c5c4)cc3)C2)nc2c(F)cccc21. The number of nitrogens with zero attached hydrogens (tertiary/aromatic N) is 3. The fourth-order valence-electron chi connectivity index (χ4n) is 6.15. The van der Waals surface area contributed by atoms with Crippen LogP contribution in [0.5, 0.6) is 0 Å². The van der Waals surface area contributed by atoms with Gasteiger partial charge in [0.25, 0.3) is 0 Å². The summed E-state index contributed by atoms with van der Waals surface area (Å²) in [6.45, 7) is 2.51. The number of para-hydroxylation sites is 1. The molecule has 2 atom stereocenters. The topological polar surface area (TPSA) is 119 Å². The molecule has 2 unspecified atom stereocenters. The molecule has 9 nitrogen and oxygen atoms in total. The number of nitrogens with one attached hydrogen (secondary N) is 1. The molecule has 0 spiro atoms. The van der Waals surface area contributed by atoms with Gasteiger partial charge in [-0.1, -0.05) is 36.4 Å². The standard InChI is InChI=1S/C33H36FN5O4/c1-42-16-4-15-39-28-7-2-6-26(34)31(28)37-32(39)24-5-3-14-38(20-24)30(40)19-25(35)17-21-8-10-22(11-9-21)23-12-13-29-27(18-23)36-33(41)43-29/h2,6-13,18,24-25H,3-5,14-17,19-20,35H2,1H3,(H,36,41). The molecule has 2 aromatic heterocycles. The van der Waals surface area contributed by atoms with Gasteiger partial charge in [0, 0.05) is 51.7 Å². The molecule has 0 aliphatic carbocycles. The second-order valence-electron chi connectivity index (χ2n) is 11.3. The maximum Gasteiger partial charge on any atom is 0.417 e. The van der Waals surface area contributed by atoms with Crippen molar-refractivity contribution in [2.45, 2.75) is 50.6 Å². The summed E-state index contributed by atoms with van der Waals surface area (Å²) < 4.78 is 27.1. The lowest BCUT2D eigenvalue weighted by Gasteiger charge is -2.33. The van der Waals surface area contributed by atoms with E-state index in [2.05, 4.69) is 9.55 Å². The molecule has 43 heavy (non-hydrogen) atoms. The maximum atomic E-state index is 14.6. The number of halogens is 1. The number of aromatic amines is 1. The van der Waals surface area contributed by atoms with Gasteiger partial charge >= 0.3 is 5.76 Å². The van der Waals surface area contributed by atoms with Crippen LogP contribution in [0, 0.1) is 5.82 Å². The summed E-state index contributed by atoms with van der Waals surface area (Å²) in [5.74, 6) is 0.0809. The Bertz CT molecular complexity index is 1790. The number of hydrogen-bond acceptors (Lipinski definition) is 6. The van der Waals surface area contributed by atoms with Crippen molar-refractivity contribution in [2.75, 3.05) is 26.8 Å². The number of imidazole rings is 1. The summed E-state index contributed by atoms with van der Waals surface area (Å²) in [4.78, 5) is 34.1. The predicted molar refractivity (Wildman–Crippen MR) is 163 cm³/mol. The quantitative estimate of drug-likeness (QED) is 0.223. The van der Waals surface area contributed by atoms with E-state index in [1.165, 1.54) is 6.07 Å². The fraction of sp³-hybridized carbons (Fsp3) is 0.364. The van der Waals surface area contributed by atoms with Gasteiger partial charge < -0.3 is 24.4 Å². The lowest BCUT2D eigenvalue weighted by molar-refractivity contribution is -0.132. The first-order valence-electron chi connectivity index (χ1n) is 14.8. The number of fused-ring (bicyclic) bond motifs is 2. The van der Waals surface area contributed by atoms with Gasteiger partial charge in [-0.2, -0.15) is 0 Å². The average molecular weight is 586 g/mol. The number of amides is 1. The molecule has 3 N–H and O–H groups in total. The van der Waals surface area contributed by atoms with Gasteiger partial charge in [0.2, 0.25) is 5.91 Å². The van der Waals surface area contributed by atoms with Crippen molar-refractivity contribution in [3.8, 4) is 11.1 Å². The summed E-state index contributed by atoms with van der Waals surface area (Å²) in [7, 11) is 1.67. The van der Waals surface area contributed by atoms with Crippen LogP contribution in [-0.2, 0) is 22.5 Å². The van der Waals surface area contributed by atoms with Crippen molar-refractivity contribution in [3.63, 3.8) is 0 Å². The number of carbonyl (C=O) groups excluding carboxylic acids is 1. The Labute approximate surface area is 248 Å². The molecule has 1 fully saturated rings. The van der Waals surface area contributed by atoms with Gasteiger partial charge in [-0.25, -0.2) is 14.2 Å². The number of ether oxygens (including phenoxy) is 1. The van der Waals surface area contributed by atoms with E-state index in [4.69, 9.17) is 19.9 Å². The van der Waals surface area contributed by atoms with Gasteiger partial charge in [-0.15, -0.1) is 0 Å². The highest BCUT2D eigenvalue weighted by Gasteiger charge is 2.29. The van der Waals surface area contributed by atoms with Crippen LogP contribution in [0.3, 0.4) is 0 Å². The van der Waals surface area contributed by atoms with E-state index in [1.807, 2.05) is 47.4 Å². The molecular weight excluding hydrogens is 549 g/mol. The summed E-state index contributed by atoms with van der Waals surface area (Å²) in [6.07, 6.45) is 3.36. The van der Waals surface area contributed by atoms with Crippen LogP contribution in [0.4, 0.5) is 4.39 Å². The van der Waals surface area contributed by atoms with Gasteiger partial charge in [0.15, 0.2) is 11.4 Å². The molecule has 3 aromatic carbocycles. The van der Waals surface area contributed by atoms with E-state index in [0.29, 0.717) is 49.3 Å². The molecule has 1 aliphatic heterocycles. The minimum Gasteiger partial charge on any atom is -0.408 e. The number of H-pyrrole nitrogens is 1. The monoisotopic (exact) mass is 585 g/mol. The third-order valence-corrected chi connectivity index (χ3v) is 8.27.